The van der Waals surface area contributed by atoms with Gasteiger partial charge >= 0.3 is 6.18 Å². The Morgan fingerprint density at radius 1 is 0.337 bits per heavy atom. The van der Waals surface area contributed by atoms with Gasteiger partial charge in [-0.15, -0.1) is 0 Å². The Labute approximate surface area is 473 Å². The second-order valence-electron chi connectivity index (χ2n) is 20.7. The summed E-state index contributed by atoms with van der Waals surface area (Å²) >= 11 is 0. The van der Waals surface area contributed by atoms with Gasteiger partial charge in [0.25, 0.3) is 0 Å². The first kappa shape index (κ1) is 51.9. The lowest BCUT2D eigenvalue weighted by molar-refractivity contribution is -0.137. The Kier molecular flexibility index (Phi) is 12.3. The van der Waals surface area contributed by atoms with Crippen molar-refractivity contribution in [2.45, 2.75) is 68.5 Å². The van der Waals surface area contributed by atoms with E-state index in [0.29, 0.717) is 109 Å². The van der Waals surface area contributed by atoms with Gasteiger partial charge in [-0.2, -0.15) is 13.2 Å². The summed E-state index contributed by atoms with van der Waals surface area (Å²) in [6, 6.07) is 39.8. The summed E-state index contributed by atoms with van der Waals surface area (Å²) in [5, 5.41) is 3.43. The molecule has 13 rings (SSSR count). The minimum atomic E-state index is -4.59. The molecule has 0 radical (unpaired) electrons. The van der Waals surface area contributed by atoms with E-state index >= 15 is 0 Å². The third kappa shape index (κ3) is 9.41. The van der Waals surface area contributed by atoms with Crippen LogP contribution in [0.15, 0.2) is 127 Å². The fourth-order valence-electron chi connectivity index (χ4n) is 11.3. The highest BCUT2D eigenvalue weighted by Gasteiger charge is 2.31. The number of hydrogen-bond acceptors (Lipinski definition) is 12. The molecule has 0 aliphatic rings. The number of halogens is 3. The quantitative estimate of drug-likeness (QED) is 0.132. The minimum Gasteiger partial charge on any atom is -0.309 e. The average molecular weight is 1100 g/mol. The molecule has 0 amide bonds. The van der Waals surface area contributed by atoms with E-state index in [-0.39, 0.29) is 0 Å². The van der Waals surface area contributed by atoms with Gasteiger partial charge in [-0.3, -0.25) is 0 Å². The fraction of sp³-hybridized carbons (Fsp3) is 0.154. The monoisotopic (exact) mass is 1100 g/mol. The van der Waals surface area contributed by atoms with Gasteiger partial charge in [-0.25, -0.2) is 64.7 Å². The van der Waals surface area contributed by atoms with Gasteiger partial charge in [0.05, 0.1) is 45.6 Å². The Balaban J connectivity index is 1.13. The smallest absolute Gasteiger partial charge is 0.309 e. The average Bonchev–Trinajstić information content (AvgIpc) is 3.93. The van der Waals surface area contributed by atoms with Crippen LogP contribution in [0.25, 0.3) is 128 Å². The number of rotatable bonds is 8. The number of nitrogens with zero attached hydrogens (tertiary/aromatic N) is 15. The van der Waals surface area contributed by atoms with Gasteiger partial charge < -0.3 is 9.13 Å². The highest BCUT2D eigenvalue weighted by Crippen LogP contribution is 2.46. The second kappa shape index (κ2) is 19.6. The number of fused-ring (bicyclic) bond motifs is 6. The molecule has 0 aliphatic carbocycles. The zero-order valence-corrected chi connectivity index (χ0v) is 46.5. The lowest BCUT2D eigenvalue weighted by atomic mass is 9.94. The third-order valence-electron chi connectivity index (χ3n) is 14.6. The maximum atomic E-state index is 14.7. The van der Waals surface area contributed by atoms with Crippen LogP contribution >= 0.6 is 0 Å². The van der Waals surface area contributed by atoms with Gasteiger partial charge in [0.2, 0.25) is 0 Å². The van der Waals surface area contributed by atoms with E-state index in [4.69, 9.17) is 46.4 Å². The van der Waals surface area contributed by atoms with Gasteiger partial charge in [0, 0.05) is 49.4 Å². The molecular formula is C65H48F3N15. The van der Waals surface area contributed by atoms with E-state index in [1.807, 2.05) is 122 Å². The molecule has 6 heterocycles. The molecule has 0 aliphatic heterocycles. The van der Waals surface area contributed by atoms with Crippen molar-refractivity contribution in [1.82, 2.24) is 68.9 Å². The molecule has 0 saturated heterocycles. The van der Waals surface area contributed by atoms with Crippen LogP contribution in [0, 0.1) is 68.9 Å². The summed E-state index contributed by atoms with van der Waals surface area (Å²) in [6.07, 6.45) is -4.59. The second-order valence-corrected chi connectivity index (χ2v) is 20.7. The van der Waals surface area contributed by atoms with E-state index in [9.17, 15) is 13.2 Å². The summed E-state index contributed by atoms with van der Waals surface area (Å²) in [5.74, 6) is 6.75. The summed E-state index contributed by atoms with van der Waals surface area (Å²) in [6.45, 7) is 24.8. The zero-order chi connectivity index (χ0) is 57.7. The van der Waals surface area contributed by atoms with Gasteiger partial charge in [0.1, 0.15) is 46.6 Å². The molecule has 13 aromatic rings. The van der Waals surface area contributed by atoms with Crippen molar-refractivity contribution in [3.8, 4) is 79.2 Å². The fourth-order valence-corrected chi connectivity index (χ4v) is 11.3. The zero-order valence-electron chi connectivity index (χ0n) is 46.5. The lowest BCUT2D eigenvalue weighted by Gasteiger charge is -2.20. The summed E-state index contributed by atoms with van der Waals surface area (Å²) in [7, 11) is 0. The van der Waals surface area contributed by atoms with Gasteiger partial charge in [0.15, 0.2) is 29.0 Å². The van der Waals surface area contributed by atoms with Crippen molar-refractivity contribution < 1.29 is 13.2 Å². The van der Waals surface area contributed by atoms with Crippen molar-refractivity contribution in [2.75, 3.05) is 0 Å². The molecule has 404 valence electrons. The van der Waals surface area contributed by atoms with Crippen molar-refractivity contribution in [3.05, 3.63) is 197 Å². The van der Waals surface area contributed by atoms with E-state index in [2.05, 4.69) is 70.3 Å². The van der Waals surface area contributed by atoms with Crippen LogP contribution in [0.2, 0.25) is 0 Å². The Morgan fingerprint density at radius 3 is 1.06 bits per heavy atom. The van der Waals surface area contributed by atoms with Crippen molar-refractivity contribution in [1.29, 1.82) is 0 Å². The summed E-state index contributed by atoms with van der Waals surface area (Å²) in [5.41, 5.74) is 10.0. The van der Waals surface area contributed by atoms with Crippen molar-refractivity contribution in [2.24, 2.45) is 0 Å². The third-order valence-corrected chi connectivity index (χ3v) is 14.6. The number of aryl methyl sites for hydroxylation is 9. The summed E-state index contributed by atoms with van der Waals surface area (Å²) < 4.78 is 48.4. The first-order valence-corrected chi connectivity index (χ1v) is 26.6. The van der Waals surface area contributed by atoms with E-state index in [1.165, 1.54) is 6.07 Å². The van der Waals surface area contributed by atoms with Gasteiger partial charge in [-0.05, 0) is 188 Å². The van der Waals surface area contributed by atoms with Crippen LogP contribution in [0.5, 0.6) is 0 Å². The number of alkyl halides is 3. The van der Waals surface area contributed by atoms with Gasteiger partial charge in [-0.1, -0.05) is 24.3 Å². The Bertz CT molecular complexity index is 4640. The van der Waals surface area contributed by atoms with Crippen LogP contribution < -0.4 is 0 Å². The van der Waals surface area contributed by atoms with Crippen LogP contribution in [0.4, 0.5) is 18.9 Å². The molecule has 0 atom stereocenters. The summed E-state index contributed by atoms with van der Waals surface area (Å²) in [4.78, 5) is 59.7. The maximum absolute atomic E-state index is 14.7. The number of aromatic nitrogens is 14. The largest absolute Gasteiger partial charge is 0.416 e. The number of benzene rings is 7. The molecule has 0 unspecified atom stereocenters. The normalized spacial score (nSPS) is 11.8. The highest BCUT2D eigenvalue weighted by atomic mass is 19.4. The molecule has 6 aromatic heterocycles. The van der Waals surface area contributed by atoms with Crippen molar-refractivity contribution >= 4 is 49.3 Å². The molecule has 0 fully saturated rings. The first-order chi connectivity index (χ1) is 39.8. The van der Waals surface area contributed by atoms with Crippen LogP contribution in [-0.2, 0) is 6.18 Å². The minimum absolute atomic E-state index is 0.376. The van der Waals surface area contributed by atoms with Crippen LogP contribution in [0.1, 0.15) is 57.7 Å². The first-order valence-electron chi connectivity index (χ1n) is 26.6. The Morgan fingerprint density at radius 2 is 0.699 bits per heavy atom. The van der Waals surface area contributed by atoms with Crippen molar-refractivity contribution in [3.63, 3.8) is 0 Å². The van der Waals surface area contributed by atoms with E-state index in [0.717, 1.165) is 77.6 Å². The molecular weight excluding hydrogens is 1050 g/mol. The standard InChI is InChI=1S/C65H48F3N15/c1-32-23-46(25-47(24-32)65(66,67)68)41-11-17-49(60(30-41)83-57-20-14-44(63-78-37(6)72-38(7)79-63)28-52(57)53-29-45(15-21-58(53)83)64-80-39(8)73-40(9)81-64)54-31-48(69-10)16-22-59(54)82-55-18-12-42(61-74-33(2)70-34(3)75-61)26-50(55)51-27-43(13-19-56(51)82)62-76-35(4)71-36(5)77-62/h11-31H,1-9H3. The Hall–Kier alpha value is -10.5. The topological polar surface area (TPSA) is 169 Å². The highest BCUT2D eigenvalue weighted by molar-refractivity contribution is 6.14. The lowest BCUT2D eigenvalue weighted by Crippen LogP contribution is -2.05. The van der Waals surface area contributed by atoms with Crippen LogP contribution in [-0.4, -0.2) is 68.9 Å². The SMILES string of the molecule is [C-]#[N+]c1ccc(-n2c3ccc(-c4nc(C)nc(C)n4)cc3c3cc(-c4nc(C)nc(C)n4)ccc32)c(-c2ccc(-c3cc(C)cc(C(F)(F)F)c3)cc2-n2c3ccc(-c4nc(C)nc(C)n4)cc3c3cc(-c4nc(C)nc(C)n4)ccc32)c1. The predicted molar refractivity (Wildman–Crippen MR) is 315 cm³/mol. The number of hydrogen-bond donors (Lipinski definition) is 0. The van der Waals surface area contributed by atoms with E-state index < -0.39 is 11.7 Å². The molecule has 15 nitrogen and oxygen atoms in total. The molecule has 18 heteroatoms. The molecule has 7 aromatic carbocycles. The molecule has 0 saturated carbocycles. The van der Waals surface area contributed by atoms with Crippen LogP contribution in [0.3, 0.4) is 0 Å². The molecule has 83 heavy (non-hydrogen) atoms. The molecule has 0 N–H and O–H groups in total. The predicted octanol–water partition coefficient (Wildman–Crippen LogP) is 15.0. The van der Waals surface area contributed by atoms with E-state index in [1.54, 1.807) is 19.1 Å². The molecule has 0 spiro atoms. The molecule has 0 bridgehead atoms. The maximum Gasteiger partial charge on any atom is 0.416 e.